The van der Waals surface area contributed by atoms with E-state index in [0.717, 1.165) is 12.3 Å². The summed E-state index contributed by atoms with van der Waals surface area (Å²) in [6, 6.07) is 9.47. The first-order chi connectivity index (χ1) is 15.9. The van der Waals surface area contributed by atoms with E-state index in [9.17, 15) is 18.9 Å². The summed E-state index contributed by atoms with van der Waals surface area (Å²) in [6.45, 7) is 7.48. The number of anilines is 1. The van der Waals surface area contributed by atoms with Gasteiger partial charge in [-0.15, -0.1) is 0 Å². The summed E-state index contributed by atoms with van der Waals surface area (Å²) in [5.41, 5.74) is 1.28. The smallest absolute Gasteiger partial charge is 0.322 e. The van der Waals surface area contributed by atoms with Crippen LogP contribution < -0.4 is 10.1 Å². The summed E-state index contributed by atoms with van der Waals surface area (Å²) in [7, 11) is -3.91. The summed E-state index contributed by atoms with van der Waals surface area (Å²) in [5, 5.41) is 22.2. The van der Waals surface area contributed by atoms with Gasteiger partial charge < -0.3 is 19.4 Å². The lowest BCUT2D eigenvalue weighted by molar-refractivity contribution is 0.0886. The van der Waals surface area contributed by atoms with Crippen LogP contribution in [0.5, 0.6) is 5.75 Å². The number of rotatable bonds is 8. The number of aliphatic imine (C=N–C) groups is 1. The van der Waals surface area contributed by atoms with Crippen molar-refractivity contribution in [3.63, 3.8) is 0 Å². The number of hydrogen-bond donors (Lipinski definition) is 1. The van der Waals surface area contributed by atoms with Gasteiger partial charge in [0.1, 0.15) is 30.4 Å². The molecule has 0 saturated carbocycles. The van der Waals surface area contributed by atoms with Gasteiger partial charge >= 0.3 is 4.99 Å². The SMILES string of the molecule is COc1cc(C2=NC(C#N)(S(C)(=O)=O)Nc3c2ccn3COCC[Si](C)(C)C)c(Cl)cc1C#N. The molecule has 0 bridgehead atoms. The van der Waals surface area contributed by atoms with Crippen molar-refractivity contribution in [1.29, 1.82) is 10.5 Å². The number of nitriles is 2. The van der Waals surface area contributed by atoms with E-state index in [1.165, 1.54) is 19.2 Å². The molecule has 1 aliphatic rings. The average Bonchev–Trinajstić information content (AvgIpc) is 3.17. The highest BCUT2D eigenvalue weighted by atomic mass is 35.5. The van der Waals surface area contributed by atoms with E-state index in [4.69, 9.17) is 21.1 Å². The average molecular weight is 520 g/mol. The molecular weight excluding hydrogens is 494 g/mol. The standard InChI is InChI=1S/C22H26ClN5O4SSi/c1-31-19-11-17(18(23)10-15(19)12-24)20-16-6-7-28(14-32-8-9-34(3,4)5)21(16)27-22(13-25,26-20)33(2,29)30/h6-7,10-11,27H,8-9,14H2,1-5H3. The summed E-state index contributed by atoms with van der Waals surface area (Å²) < 4.78 is 38.3. The van der Waals surface area contributed by atoms with Crippen LogP contribution >= 0.6 is 11.6 Å². The lowest BCUT2D eigenvalue weighted by atomic mass is 10.00. The van der Waals surface area contributed by atoms with Gasteiger partial charge in [0, 0.05) is 38.3 Å². The molecule has 1 N–H and O–H groups in total. The van der Waals surface area contributed by atoms with Crippen molar-refractivity contribution in [2.24, 2.45) is 4.99 Å². The Balaban J connectivity index is 2.14. The molecule has 2 aromatic rings. The molecule has 0 fully saturated rings. The molecule has 2 heterocycles. The van der Waals surface area contributed by atoms with E-state index in [1.54, 1.807) is 16.8 Å². The fourth-order valence-corrected chi connectivity index (χ4v) is 5.08. The Labute approximate surface area is 205 Å². The fourth-order valence-electron chi connectivity index (χ4n) is 3.37. The Bertz CT molecular complexity index is 1330. The second kappa shape index (κ2) is 9.43. The van der Waals surface area contributed by atoms with E-state index in [-0.39, 0.29) is 28.8 Å². The highest BCUT2D eigenvalue weighted by Crippen LogP contribution is 2.37. The Kier molecular flexibility index (Phi) is 7.15. The molecule has 0 amide bonds. The second-order valence-electron chi connectivity index (χ2n) is 9.15. The molecule has 0 radical (unpaired) electrons. The number of halogens is 1. The molecule has 1 aromatic carbocycles. The van der Waals surface area contributed by atoms with E-state index in [2.05, 4.69) is 30.0 Å². The van der Waals surface area contributed by atoms with Gasteiger partial charge in [0.25, 0.3) is 0 Å². The number of nitrogens with zero attached hydrogens (tertiary/aromatic N) is 4. The molecule has 34 heavy (non-hydrogen) atoms. The maximum Gasteiger partial charge on any atom is 0.322 e. The Morgan fingerprint density at radius 3 is 2.53 bits per heavy atom. The Morgan fingerprint density at radius 2 is 1.97 bits per heavy atom. The molecule has 0 aliphatic carbocycles. The van der Waals surface area contributed by atoms with Crippen LogP contribution in [0.4, 0.5) is 5.82 Å². The van der Waals surface area contributed by atoms with Crippen LogP contribution in [0.1, 0.15) is 16.7 Å². The largest absolute Gasteiger partial charge is 0.495 e. The molecule has 0 saturated heterocycles. The minimum absolute atomic E-state index is 0.162. The number of ether oxygens (including phenoxy) is 2. The number of sulfone groups is 1. The van der Waals surface area contributed by atoms with Crippen molar-refractivity contribution in [3.8, 4) is 17.9 Å². The zero-order valence-electron chi connectivity index (χ0n) is 19.6. The molecule has 3 rings (SSSR count). The van der Waals surface area contributed by atoms with Gasteiger partial charge in [0.15, 0.2) is 0 Å². The molecule has 180 valence electrons. The first-order valence-corrected chi connectivity index (χ1v) is 16.4. The summed E-state index contributed by atoms with van der Waals surface area (Å²) in [5.74, 6) is 0.616. The van der Waals surface area contributed by atoms with Crippen molar-refractivity contribution in [3.05, 3.63) is 46.1 Å². The molecular formula is C22H26ClN5O4SSi. The van der Waals surface area contributed by atoms with E-state index < -0.39 is 22.9 Å². The molecule has 9 nitrogen and oxygen atoms in total. The minimum atomic E-state index is -4.04. The molecule has 1 unspecified atom stereocenters. The normalized spacial score (nSPS) is 17.7. The molecule has 0 spiro atoms. The van der Waals surface area contributed by atoms with Crippen LogP contribution in [-0.2, 0) is 21.3 Å². The number of benzene rings is 1. The predicted octanol–water partition coefficient (Wildman–Crippen LogP) is 3.82. The summed E-state index contributed by atoms with van der Waals surface area (Å²) in [6.07, 6.45) is 2.67. The quantitative estimate of drug-likeness (QED) is 0.414. The lowest BCUT2D eigenvalue weighted by Crippen LogP contribution is -2.46. The van der Waals surface area contributed by atoms with Gasteiger partial charge in [0.05, 0.1) is 23.4 Å². The lowest BCUT2D eigenvalue weighted by Gasteiger charge is -2.30. The van der Waals surface area contributed by atoms with Crippen molar-refractivity contribution in [1.82, 2.24) is 4.57 Å². The van der Waals surface area contributed by atoms with Crippen LogP contribution in [0.2, 0.25) is 30.7 Å². The maximum absolute atomic E-state index is 12.7. The van der Waals surface area contributed by atoms with Gasteiger partial charge in [-0.1, -0.05) is 31.2 Å². The molecule has 12 heteroatoms. The maximum atomic E-state index is 12.7. The van der Waals surface area contributed by atoms with E-state index in [0.29, 0.717) is 23.6 Å². The van der Waals surface area contributed by atoms with Crippen LogP contribution in [0.15, 0.2) is 29.4 Å². The summed E-state index contributed by atoms with van der Waals surface area (Å²) in [4.78, 5) is 2.06. The minimum Gasteiger partial charge on any atom is -0.495 e. The first kappa shape index (κ1) is 25.8. The van der Waals surface area contributed by atoms with Gasteiger partial charge in [-0.05, 0) is 24.2 Å². The molecule has 1 atom stereocenters. The second-order valence-corrected chi connectivity index (χ2v) is 17.3. The van der Waals surface area contributed by atoms with E-state index >= 15 is 0 Å². The number of hydrogen-bond acceptors (Lipinski definition) is 8. The number of aromatic nitrogens is 1. The Morgan fingerprint density at radius 1 is 1.26 bits per heavy atom. The highest BCUT2D eigenvalue weighted by Gasteiger charge is 2.46. The predicted molar refractivity (Wildman–Crippen MR) is 134 cm³/mol. The van der Waals surface area contributed by atoms with Crippen LogP contribution in [-0.4, -0.2) is 51.7 Å². The fraction of sp³-hybridized carbons (Fsp3) is 0.409. The number of methoxy groups -OCH3 is 1. The topological polar surface area (TPSA) is 130 Å². The zero-order chi connectivity index (χ0) is 25.3. The van der Waals surface area contributed by atoms with E-state index in [1.807, 2.05) is 12.1 Å². The zero-order valence-corrected chi connectivity index (χ0v) is 22.2. The van der Waals surface area contributed by atoms with Crippen molar-refractivity contribution in [2.45, 2.75) is 37.4 Å². The first-order valence-electron chi connectivity index (χ1n) is 10.4. The van der Waals surface area contributed by atoms with Crippen molar-refractivity contribution < 1.29 is 17.9 Å². The van der Waals surface area contributed by atoms with Crippen molar-refractivity contribution >= 4 is 41.0 Å². The monoisotopic (exact) mass is 519 g/mol. The third-order valence-corrected chi connectivity index (χ3v) is 8.73. The van der Waals surface area contributed by atoms with Gasteiger partial charge in [-0.25, -0.2) is 13.4 Å². The van der Waals surface area contributed by atoms with Gasteiger partial charge in [-0.2, -0.15) is 10.5 Å². The third kappa shape index (κ3) is 4.98. The third-order valence-electron chi connectivity index (χ3n) is 5.36. The summed E-state index contributed by atoms with van der Waals surface area (Å²) >= 11 is 6.47. The Hall–Kier alpha value is -2.83. The highest BCUT2D eigenvalue weighted by molar-refractivity contribution is 7.92. The number of fused-ring (bicyclic) bond motifs is 1. The van der Waals surface area contributed by atoms with Crippen molar-refractivity contribution in [2.75, 3.05) is 25.3 Å². The van der Waals surface area contributed by atoms with Crippen LogP contribution in [0.3, 0.4) is 0 Å². The van der Waals surface area contributed by atoms with Gasteiger partial charge in [-0.3, -0.25) is 0 Å². The number of nitrogens with one attached hydrogen (secondary N) is 1. The van der Waals surface area contributed by atoms with Gasteiger partial charge in [0.2, 0.25) is 9.84 Å². The molecule has 1 aromatic heterocycles. The molecule has 1 aliphatic heterocycles. The van der Waals surface area contributed by atoms with Crippen LogP contribution in [0, 0.1) is 22.7 Å². The van der Waals surface area contributed by atoms with Crippen LogP contribution in [0.25, 0.3) is 0 Å².